The van der Waals surface area contributed by atoms with Gasteiger partial charge in [0.15, 0.2) is 5.65 Å². The van der Waals surface area contributed by atoms with Gasteiger partial charge in [0.05, 0.1) is 23.5 Å². The molecule has 3 heterocycles. The molecule has 1 aliphatic heterocycles. The van der Waals surface area contributed by atoms with Crippen molar-refractivity contribution in [1.29, 1.82) is 0 Å². The molecule has 2 fully saturated rings. The zero-order valence-electron chi connectivity index (χ0n) is 19.8. The normalized spacial score (nSPS) is 24.6. The maximum atomic E-state index is 14.8. The Kier molecular flexibility index (Phi) is 7.18. The van der Waals surface area contributed by atoms with Crippen molar-refractivity contribution in [3.05, 3.63) is 34.2 Å². The van der Waals surface area contributed by atoms with E-state index in [-0.39, 0.29) is 39.6 Å². The predicted octanol–water partition coefficient (Wildman–Crippen LogP) is 5.07. The van der Waals surface area contributed by atoms with Crippen molar-refractivity contribution in [3.63, 3.8) is 0 Å². The van der Waals surface area contributed by atoms with Gasteiger partial charge in [-0.25, -0.2) is 14.4 Å². The van der Waals surface area contributed by atoms with Crippen LogP contribution in [-0.4, -0.2) is 44.7 Å². The molecule has 5 rings (SSSR count). The van der Waals surface area contributed by atoms with Gasteiger partial charge in [0, 0.05) is 29.6 Å². The van der Waals surface area contributed by atoms with E-state index in [0.717, 1.165) is 6.42 Å². The van der Waals surface area contributed by atoms with Crippen molar-refractivity contribution in [2.24, 2.45) is 17.6 Å². The molecule has 0 spiro atoms. The zero-order valence-corrected chi connectivity index (χ0v) is 21.3. The molecule has 12 heteroatoms. The SMILES string of the molecule is C[C@@H]1COCC[C@H]1Nc1ncc2nc(Nc3c(F)cc(Cl)cc3Cl)n([C@H]3CC[C@H](C(N)=O)CC3)c2n1. The third-order valence-corrected chi connectivity index (χ3v) is 7.61. The van der Waals surface area contributed by atoms with Crippen LogP contribution in [0, 0.1) is 17.7 Å². The first-order valence-corrected chi connectivity index (χ1v) is 12.9. The summed E-state index contributed by atoms with van der Waals surface area (Å²) in [4.78, 5) is 25.7. The van der Waals surface area contributed by atoms with E-state index in [4.69, 9.17) is 38.7 Å². The molecule has 0 radical (unpaired) electrons. The highest BCUT2D eigenvalue weighted by Gasteiger charge is 2.30. The smallest absolute Gasteiger partial charge is 0.224 e. The van der Waals surface area contributed by atoms with Crippen LogP contribution in [0.2, 0.25) is 10.0 Å². The average molecular weight is 536 g/mol. The minimum atomic E-state index is -0.592. The molecule has 1 amide bonds. The average Bonchev–Trinajstić information content (AvgIpc) is 3.20. The van der Waals surface area contributed by atoms with Crippen molar-refractivity contribution in [2.75, 3.05) is 23.8 Å². The number of anilines is 3. The Morgan fingerprint density at radius 3 is 2.67 bits per heavy atom. The number of nitrogens with two attached hydrogens (primary N) is 1. The lowest BCUT2D eigenvalue weighted by molar-refractivity contribution is -0.122. The van der Waals surface area contributed by atoms with Crippen LogP contribution in [0.5, 0.6) is 0 Å². The molecule has 1 saturated heterocycles. The molecule has 1 aliphatic carbocycles. The molecule has 192 valence electrons. The van der Waals surface area contributed by atoms with Gasteiger partial charge in [-0.05, 0) is 50.2 Å². The number of hydrogen-bond donors (Lipinski definition) is 3. The molecule has 2 atom stereocenters. The van der Waals surface area contributed by atoms with Crippen LogP contribution in [-0.2, 0) is 9.53 Å². The van der Waals surface area contributed by atoms with E-state index in [9.17, 15) is 9.18 Å². The van der Waals surface area contributed by atoms with Gasteiger partial charge in [0.2, 0.25) is 17.8 Å². The number of nitrogens with zero attached hydrogens (tertiary/aromatic N) is 4. The maximum Gasteiger partial charge on any atom is 0.224 e. The van der Waals surface area contributed by atoms with Crippen molar-refractivity contribution >= 4 is 57.9 Å². The Bertz CT molecular complexity index is 1260. The molecule has 2 aliphatic rings. The molecule has 1 aromatic carbocycles. The van der Waals surface area contributed by atoms with E-state index in [1.165, 1.54) is 12.1 Å². The number of aromatic nitrogens is 4. The van der Waals surface area contributed by atoms with Gasteiger partial charge in [0.25, 0.3) is 0 Å². The lowest BCUT2D eigenvalue weighted by atomic mass is 9.85. The number of rotatable bonds is 6. The van der Waals surface area contributed by atoms with Gasteiger partial charge < -0.3 is 21.1 Å². The topological polar surface area (TPSA) is 120 Å². The number of nitrogens with one attached hydrogen (secondary N) is 2. The van der Waals surface area contributed by atoms with Crippen molar-refractivity contribution in [2.45, 2.75) is 51.1 Å². The number of ether oxygens (including phenoxy) is 1. The number of benzene rings is 1. The van der Waals surface area contributed by atoms with E-state index in [1.807, 2.05) is 4.57 Å². The van der Waals surface area contributed by atoms with E-state index < -0.39 is 5.82 Å². The van der Waals surface area contributed by atoms with Crippen LogP contribution in [0.3, 0.4) is 0 Å². The third kappa shape index (κ3) is 5.07. The van der Waals surface area contributed by atoms with Gasteiger partial charge in [-0.1, -0.05) is 30.1 Å². The second-order valence-corrected chi connectivity index (χ2v) is 10.4. The van der Waals surface area contributed by atoms with Crippen LogP contribution in [0.25, 0.3) is 11.2 Å². The number of halogens is 3. The monoisotopic (exact) mass is 535 g/mol. The summed E-state index contributed by atoms with van der Waals surface area (Å²) in [6.07, 6.45) is 5.24. The molecule has 36 heavy (non-hydrogen) atoms. The van der Waals surface area contributed by atoms with Crippen LogP contribution >= 0.6 is 23.2 Å². The summed E-state index contributed by atoms with van der Waals surface area (Å²) in [5.41, 5.74) is 6.79. The number of amides is 1. The third-order valence-electron chi connectivity index (χ3n) is 7.10. The first-order valence-electron chi connectivity index (χ1n) is 12.1. The highest BCUT2D eigenvalue weighted by Crippen LogP contribution is 2.38. The van der Waals surface area contributed by atoms with Gasteiger partial charge >= 0.3 is 0 Å². The Balaban J connectivity index is 1.53. The quantitative estimate of drug-likeness (QED) is 0.402. The highest BCUT2D eigenvalue weighted by molar-refractivity contribution is 6.36. The van der Waals surface area contributed by atoms with E-state index in [0.29, 0.717) is 67.9 Å². The fraction of sp³-hybridized carbons (Fsp3) is 0.500. The van der Waals surface area contributed by atoms with Gasteiger partial charge in [-0.3, -0.25) is 9.36 Å². The number of primary amides is 1. The lowest BCUT2D eigenvalue weighted by Crippen LogP contribution is -2.36. The van der Waals surface area contributed by atoms with E-state index >= 15 is 0 Å². The van der Waals surface area contributed by atoms with Crippen molar-refractivity contribution in [3.8, 4) is 0 Å². The molecule has 0 bridgehead atoms. The fourth-order valence-electron chi connectivity index (χ4n) is 5.05. The molecule has 0 unspecified atom stereocenters. The Hall–Kier alpha value is -2.69. The van der Waals surface area contributed by atoms with Gasteiger partial charge in [-0.15, -0.1) is 0 Å². The second kappa shape index (κ2) is 10.4. The molecule has 1 saturated carbocycles. The molecule has 3 aromatic rings. The minimum Gasteiger partial charge on any atom is -0.381 e. The number of imidazole rings is 1. The predicted molar refractivity (Wildman–Crippen MR) is 137 cm³/mol. The van der Waals surface area contributed by atoms with E-state index in [1.54, 1.807) is 6.20 Å². The second-order valence-electron chi connectivity index (χ2n) is 9.58. The van der Waals surface area contributed by atoms with Crippen molar-refractivity contribution < 1.29 is 13.9 Å². The summed E-state index contributed by atoms with van der Waals surface area (Å²) in [6, 6.07) is 2.83. The summed E-state index contributed by atoms with van der Waals surface area (Å²) in [6.45, 7) is 3.50. The Labute approximate surface area is 217 Å². The fourth-order valence-corrected chi connectivity index (χ4v) is 5.56. The Morgan fingerprint density at radius 1 is 1.19 bits per heavy atom. The summed E-state index contributed by atoms with van der Waals surface area (Å²) in [5, 5.41) is 6.83. The number of carbonyl (C=O) groups excluding carboxylic acids is 1. The van der Waals surface area contributed by atoms with Crippen molar-refractivity contribution in [1.82, 2.24) is 19.5 Å². The maximum absolute atomic E-state index is 14.8. The number of carbonyl (C=O) groups is 1. The molecule has 4 N–H and O–H groups in total. The largest absolute Gasteiger partial charge is 0.381 e. The first kappa shape index (κ1) is 25.0. The first-order chi connectivity index (χ1) is 17.3. The molecule has 2 aromatic heterocycles. The number of hydrogen-bond acceptors (Lipinski definition) is 7. The molecular formula is C24H28Cl2FN7O2. The zero-order chi connectivity index (χ0) is 25.4. The van der Waals surface area contributed by atoms with Crippen LogP contribution in [0.15, 0.2) is 18.3 Å². The summed E-state index contributed by atoms with van der Waals surface area (Å²) in [5.74, 6) is 0.177. The van der Waals surface area contributed by atoms with E-state index in [2.05, 4.69) is 27.5 Å². The summed E-state index contributed by atoms with van der Waals surface area (Å²) in [7, 11) is 0. The lowest BCUT2D eigenvalue weighted by Gasteiger charge is -2.30. The summed E-state index contributed by atoms with van der Waals surface area (Å²) >= 11 is 12.2. The number of fused-ring (bicyclic) bond motifs is 1. The highest BCUT2D eigenvalue weighted by atomic mass is 35.5. The Morgan fingerprint density at radius 2 is 1.97 bits per heavy atom. The summed E-state index contributed by atoms with van der Waals surface area (Å²) < 4.78 is 22.3. The van der Waals surface area contributed by atoms with Gasteiger partial charge in [-0.2, -0.15) is 4.98 Å². The standard InChI is InChI=1S/C24H28Cl2FN7O2/c1-12-11-36-7-6-18(12)30-23-29-10-19-22(33-23)34(15-4-2-13(3-5-15)21(28)35)24(31-19)32-20-16(26)8-14(25)9-17(20)27/h8-10,12-13,15,18H,2-7,11H2,1H3,(H2,28,35)(H,31,32)(H,29,30,33)/t12-,13-,15-,18-/m1/s1. The molecular weight excluding hydrogens is 508 g/mol. The molecule has 9 nitrogen and oxygen atoms in total. The van der Waals surface area contributed by atoms with Crippen LogP contribution in [0.1, 0.15) is 45.1 Å². The van der Waals surface area contributed by atoms with Crippen LogP contribution < -0.4 is 16.4 Å². The van der Waals surface area contributed by atoms with Crippen LogP contribution in [0.4, 0.5) is 22.0 Å². The van der Waals surface area contributed by atoms with Gasteiger partial charge in [0.1, 0.15) is 11.3 Å². The minimum absolute atomic E-state index is 0.0213.